The number of hydrogen-bond acceptors (Lipinski definition) is 3. The average Bonchev–Trinajstić information content (AvgIpc) is 2.98. The van der Waals surface area contributed by atoms with E-state index in [0.717, 1.165) is 51.9 Å². The average molecular weight is 281 g/mol. The van der Waals surface area contributed by atoms with E-state index in [1.54, 1.807) is 0 Å². The minimum atomic E-state index is -0.0836. The van der Waals surface area contributed by atoms with E-state index < -0.39 is 0 Å². The summed E-state index contributed by atoms with van der Waals surface area (Å²) in [5.41, 5.74) is -0.0836. The second kappa shape index (κ2) is 7.41. The molecule has 20 heavy (non-hydrogen) atoms. The monoisotopic (exact) mass is 281 g/mol. The first kappa shape index (κ1) is 15.8. The molecule has 2 heterocycles. The molecule has 4 heteroatoms. The summed E-state index contributed by atoms with van der Waals surface area (Å²) in [7, 11) is 2.00. The van der Waals surface area contributed by atoms with Gasteiger partial charge >= 0.3 is 0 Å². The van der Waals surface area contributed by atoms with Crippen LogP contribution >= 0.6 is 0 Å². The number of piperidine rings is 1. The van der Waals surface area contributed by atoms with E-state index in [-0.39, 0.29) is 5.41 Å². The summed E-state index contributed by atoms with van der Waals surface area (Å²) in [6.07, 6.45) is 6.81. The van der Waals surface area contributed by atoms with E-state index in [1.165, 1.54) is 25.9 Å². The van der Waals surface area contributed by atoms with Crippen LogP contribution in [0.5, 0.6) is 0 Å². The number of nitrogens with one attached hydrogen (secondary N) is 1. The van der Waals surface area contributed by atoms with Gasteiger partial charge in [-0.15, -0.1) is 0 Å². The van der Waals surface area contributed by atoms with Crippen LogP contribution < -0.4 is 5.32 Å². The summed E-state index contributed by atoms with van der Waals surface area (Å²) in [6, 6.07) is 0. The van der Waals surface area contributed by atoms with Crippen LogP contribution in [0.15, 0.2) is 0 Å². The molecular weight excluding hydrogens is 250 g/mol. The van der Waals surface area contributed by atoms with Gasteiger partial charge in [0.05, 0.1) is 5.41 Å². The molecular formula is C16H31N3O. The van der Waals surface area contributed by atoms with Crippen LogP contribution in [0.25, 0.3) is 0 Å². The van der Waals surface area contributed by atoms with Gasteiger partial charge < -0.3 is 15.1 Å². The van der Waals surface area contributed by atoms with Crippen molar-refractivity contribution in [2.75, 3.05) is 46.3 Å². The van der Waals surface area contributed by atoms with Crippen molar-refractivity contribution in [1.29, 1.82) is 0 Å². The van der Waals surface area contributed by atoms with Crippen LogP contribution in [0.3, 0.4) is 0 Å². The van der Waals surface area contributed by atoms with Crippen LogP contribution in [0.2, 0.25) is 0 Å². The molecule has 0 radical (unpaired) electrons. The van der Waals surface area contributed by atoms with Crippen molar-refractivity contribution in [2.24, 2.45) is 5.41 Å². The van der Waals surface area contributed by atoms with Gasteiger partial charge in [-0.25, -0.2) is 0 Å². The summed E-state index contributed by atoms with van der Waals surface area (Å²) in [4.78, 5) is 17.4. The molecule has 0 aromatic carbocycles. The predicted octanol–water partition coefficient (Wildman–Crippen LogP) is 1.71. The number of likely N-dealkylation sites (tertiary alicyclic amines) is 1. The minimum Gasteiger partial charge on any atom is -0.344 e. The third kappa shape index (κ3) is 3.73. The maximum atomic E-state index is 12.9. The Labute approximate surface area is 123 Å². The smallest absolute Gasteiger partial charge is 0.228 e. The Morgan fingerprint density at radius 2 is 1.90 bits per heavy atom. The number of likely N-dealkylation sites (N-methyl/N-ethyl adjacent to an activating group) is 1. The Balaban J connectivity index is 1.88. The van der Waals surface area contributed by atoms with Crippen LogP contribution in [-0.2, 0) is 4.79 Å². The van der Waals surface area contributed by atoms with E-state index in [9.17, 15) is 4.79 Å². The number of rotatable bonds is 6. The lowest BCUT2D eigenvalue weighted by atomic mass is 9.74. The highest BCUT2D eigenvalue weighted by Gasteiger charge is 2.40. The molecule has 2 rings (SSSR count). The van der Waals surface area contributed by atoms with Crippen molar-refractivity contribution in [2.45, 2.75) is 45.4 Å². The summed E-state index contributed by atoms with van der Waals surface area (Å²) in [5, 5.41) is 3.39. The first-order chi connectivity index (χ1) is 9.68. The molecule has 0 aliphatic carbocycles. The Bertz CT molecular complexity index is 301. The number of carbonyl (C=O) groups is 1. The molecule has 0 unspecified atom stereocenters. The van der Waals surface area contributed by atoms with E-state index in [4.69, 9.17) is 0 Å². The highest BCUT2D eigenvalue weighted by Crippen LogP contribution is 2.35. The normalized spacial score (nSPS) is 22.9. The number of hydrogen-bond donors (Lipinski definition) is 1. The molecule has 1 amide bonds. The Morgan fingerprint density at radius 3 is 2.50 bits per heavy atom. The lowest BCUT2D eigenvalue weighted by molar-refractivity contribution is -0.143. The summed E-state index contributed by atoms with van der Waals surface area (Å²) >= 11 is 0. The van der Waals surface area contributed by atoms with E-state index in [0.29, 0.717) is 5.91 Å². The second-order valence-electron chi connectivity index (χ2n) is 6.56. The van der Waals surface area contributed by atoms with E-state index in [1.807, 2.05) is 11.9 Å². The number of carbonyl (C=O) groups excluding carboxylic acids is 1. The topological polar surface area (TPSA) is 35.6 Å². The Kier molecular flexibility index (Phi) is 5.85. The fraction of sp³-hybridized carbons (Fsp3) is 0.938. The third-order valence-corrected chi connectivity index (χ3v) is 5.04. The standard InChI is InChI=1S/C16H31N3O/c1-3-6-16(7-9-17-10-8-16)15(20)18(2)13-14-19-11-4-5-12-19/h17H,3-14H2,1-2H3. The molecule has 2 aliphatic rings. The first-order valence-corrected chi connectivity index (χ1v) is 8.36. The molecule has 2 fully saturated rings. The van der Waals surface area contributed by atoms with Crippen molar-refractivity contribution >= 4 is 5.91 Å². The molecule has 0 aromatic heterocycles. The second-order valence-corrected chi connectivity index (χ2v) is 6.56. The van der Waals surface area contributed by atoms with Gasteiger partial charge in [0.15, 0.2) is 0 Å². The van der Waals surface area contributed by atoms with Gasteiger partial charge in [0, 0.05) is 20.1 Å². The van der Waals surface area contributed by atoms with Gasteiger partial charge in [0.25, 0.3) is 0 Å². The van der Waals surface area contributed by atoms with Gasteiger partial charge in [-0.2, -0.15) is 0 Å². The number of nitrogens with zero attached hydrogens (tertiary/aromatic N) is 2. The molecule has 1 N–H and O–H groups in total. The lowest BCUT2D eigenvalue weighted by Crippen LogP contribution is -2.49. The fourth-order valence-corrected chi connectivity index (χ4v) is 3.76. The molecule has 2 aliphatic heterocycles. The maximum Gasteiger partial charge on any atom is 0.228 e. The summed E-state index contributed by atoms with van der Waals surface area (Å²) in [5.74, 6) is 0.389. The highest BCUT2D eigenvalue weighted by molar-refractivity contribution is 5.82. The Hall–Kier alpha value is -0.610. The van der Waals surface area contributed by atoms with Gasteiger partial charge in [-0.1, -0.05) is 13.3 Å². The predicted molar refractivity (Wildman–Crippen MR) is 82.8 cm³/mol. The lowest BCUT2D eigenvalue weighted by Gasteiger charge is -2.39. The molecule has 0 saturated carbocycles. The zero-order chi connectivity index (χ0) is 14.4. The highest BCUT2D eigenvalue weighted by atomic mass is 16.2. The van der Waals surface area contributed by atoms with Gasteiger partial charge in [0.2, 0.25) is 5.91 Å². The Morgan fingerprint density at radius 1 is 1.25 bits per heavy atom. The van der Waals surface area contributed by atoms with Crippen molar-refractivity contribution in [1.82, 2.24) is 15.1 Å². The van der Waals surface area contributed by atoms with E-state index >= 15 is 0 Å². The van der Waals surface area contributed by atoms with Crippen LogP contribution in [0.4, 0.5) is 0 Å². The molecule has 116 valence electrons. The van der Waals surface area contributed by atoms with Gasteiger partial charge in [-0.05, 0) is 58.3 Å². The SMILES string of the molecule is CCCC1(C(=O)N(C)CCN2CCCC2)CCNCC1. The summed E-state index contributed by atoms with van der Waals surface area (Å²) in [6.45, 7) is 8.54. The van der Waals surface area contributed by atoms with Gasteiger partial charge in [-0.3, -0.25) is 4.79 Å². The van der Waals surface area contributed by atoms with Crippen molar-refractivity contribution < 1.29 is 4.79 Å². The van der Waals surface area contributed by atoms with Crippen LogP contribution in [0.1, 0.15) is 45.4 Å². The molecule has 0 atom stereocenters. The third-order valence-electron chi connectivity index (χ3n) is 5.04. The van der Waals surface area contributed by atoms with Gasteiger partial charge in [0.1, 0.15) is 0 Å². The van der Waals surface area contributed by atoms with Crippen molar-refractivity contribution in [3.8, 4) is 0 Å². The number of amides is 1. The molecule has 0 spiro atoms. The van der Waals surface area contributed by atoms with Crippen molar-refractivity contribution in [3.05, 3.63) is 0 Å². The quantitative estimate of drug-likeness (QED) is 0.805. The maximum absolute atomic E-state index is 12.9. The minimum absolute atomic E-state index is 0.0836. The molecule has 0 bridgehead atoms. The van der Waals surface area contributed by atoms with Crippen molar-refractivity contribution in [3.63, 3.8) is 0 Å². The summed E-state index contributed by atoms with van der Waals surface area (Å²) < 4.78 is 0. The zero-order valence-electron chi connectivity index (χ0n) is 13.3. The first-order valence-electron chi connectivity index (χ1n) is 8.36. The molecule has 0 aromatic rings. The zero-order valence-corrected chi connectivity index (χ0v) is 13.3. The van der Waals surface area contributed by atoms with Crippen LogP contribution in [0, 0.1) is 5.41 Å². The largest absolute Gasteiger partial charge is 0.344 e. The molecule has 4 nitrogen and oxygen atoms in total. The van der Waals surface area contributed by atoms with E-state index in [2.05, 4.69) is 17.1 Å². The fourth-order valence-electron chi connectivity index (χ4n) is 3.76. The van der Waals surface area contributed by atoms with Crippen LogP contribution in [-0.4, -0.2) is 62.0 Å². The molecule has 2 saturated heterocycles.